The molecule has 0 atom stereocenters. The van der Waals surface area contributed by atoms with E-state index in [0.29, 0.717) is 28.1 Å². The lowest BCUT2D eigenvalue weighted by atomic mass is 9.79. The number of aromatic amines is 1. The summed E-state index contributed by atoms with van der Waals surface area (Å²) in [6.45, 7) is 9.59. The van der Waals surface area contributed by atoms with Gasteiger partial charge in [-0.25, -0.2) is 9.59 Å². The van der Waals surface area contributed by atoms with E-state index in [1.54, 1.807) is 33.9 Å². The van der Waals surface area contributed by atoms with Crippen molar-refractivity contribution in [2.75, 3.05) is 13.2 Å². The molecule has 7 nitrogen and oxygen atoms in total. The molecule has 0 aliphatic carbocycles. The normalized spacial score (nSPS) is 14.6. The second-order valence-electron chi connectivity index (χ2n) is 7.14. The van der Waals surface area contributed by atoms with Crippen LogP contribution in [-0.2, 0) is 19.1 Å². The Hall–Kier alpha value is -3.35. The maximum atomic E-state index is 12.9. The molecule has 0 fully saturated rings. The summed E-state index contributed by atoms with van der Waals surface area (Å²) in [5.41, 5.74) is 5.53. The number of hydrogen-bond donors (Lipinski definition) is 2. The van der Waals surface area contributed by atoms with Crippen molar-refractivity contribution in [3.63, 3.8) is 0 Å². The number of rotatable bonds is 6. The summed E-state index contributed by atoms with van der Waals surface area (Å²) in [7, 11) is 0. The van der Waals surface area contributed by atoms with E-state index in [9.17, 15) is 9.59 Å². The van der Waals surface area contributed by atoms with E-state index in [4.69, 9.17) is 9.47 Å². The summed E-state index contributed by atoms with van der Waals surface area (Å²) in [6.07, 6.45) is 1.66. The van der Waals surface area contributed by atoms with Crippen LogP contribution in [0.5, 0.6) is 0 Å². The van der Waals surface area contributed by atoms with E-state index in [0.717, 1.165) is 16.8 Å². The minimum absolute atomic E-state index is 0.232. The number of benzene rings is 1. The van der Waals surface area contributed by atoms with Crippen LogP contribution in [0, 0.1) is 6.92 Å². The molecule has 2 N–H and O–H groups in total. The Morgan fingerprint density at radius 1 is 0.933 bits per heavy atom. The van der Waals surface area contributed by atoms with Gasteiger partial charge in [-0.3, -0.25) is 5.10 Å². The van der Waals surface area contributed by atoms with Crippen molar-refractivity contribution in [2.45, 2.75) is 40.5 Å². The Morgan fingerprint density at radius 3 is 1.97 bits per heavy atom. The predicted octanol–water partition coefficient (Wildman–Crippen LogP) is 3.75. The van der Waals surface area contributed by atoms with Gasteiger partial charge in [0.15, 0.2) is 0 Å². The van der Waals surface area contributed by atoms with Crippen LogP contribution in [0.25, 0.3) is 11.3 Å². The number of dihydropyridines is 1. The molecule has 1 aliphatic rings. The van der Waals surface area contributed by atoms with Gasteiger partial charge in [0.05, 0.1) is 42.2 Å². The molecule has 0 saturated carbocycles. The summed E-state index contributed by atoms with van der Waals surface area (Å²) in [5, 5.41) is 10.4. The second kappa shape index (κ2) is 8.98. The Balaban J connectivity index is 2.21. The van der Waals surface area contributed by atoms with Crippen molar-refractivity contribution in [1.29, 1.82) is 0 Å². The zero-order chi connectivity index (χ0) is 21.8. The van der Waals surface area contributed by atoms with Gasteiger partial charge in [-0.15, -0.1) is 0 Å². The lowest BCUT2D eigenvalue weighted by Crippen LogP contribution is -2.32. The minimum Gasteiger partial charge on any atom is -0.463 e. The summed E-state index contributed by atoms with van der Waals surface area (Å²) in [5.74, 6) is -1.62. The molecule has 2 heterocycles. The van der Waals surface area contributed by atoms with Gasteiger partial charge in [0, 0.05) is 17.0 Å². The average molecular weight is 409 g/mol. The molecule has 1 aliphatic heterocycles. The molecule has 1 aromatic heterocycles. The summed E-state index contributed by atoms with van der Waals surface area (Å²) < 4.78 is 10.6. The van der Waals surface area contributed by atoms with Crippen LogP contribution < -0.4 is 5.32 Å². The fraction of sp³-hybridized carbons (Fsp3) is 0.348. The van der Waals surface area contributed by atoms with E-state index in [1.165, 1.54) is 0 Å². The van der Waals surface area contributed by atoms with Gasteiger partial charge >= 0.3 is 11.9 Å². The van der Waals surface area contributed by atoms with Crippen molar-refractivity contribution in [3.05, 3.63) is 64.1 Å². The molecule has 0 saturated heterocycles. The number of aromatic nitrogens is 2. The van der Waals surface area contributed by atoms with Crippen LogP contribution in [0.2, 0.25) is 0 Å². The van der Waals surface area contributed by atoms with Crippen molar-refractivity contribution >= 4 is 11.9 Å². The highest BCUT2D eigenvalue weighted by atomic mass is 16.5. The molecule has 0 bridgehead atoms. The topological polar surface area (TPSA) is 93.3 Å². The van der Waals surface area contributed by atoms with Gasteiger partial charge in [-0.2, -0.15) is 5.10 Å². The van der Waals surface area contributed by atoms with Crippen molar-refractivity contribution in [2.24, 2.45) is 0 Å². The summed E-state index contributed by atoms with van der Waals surface area (Å²) in [4.78, 5) is 25.8. The highest BCUT2D eigenvalue weighted by Crippen LogP contribution is 2.42. The molecular weight excluding hydrogens is 382 g/mol. The largest absolute Gasteiger partial charge is 0.463 e. The maximum absolute atomic E-state index is 12.9. The molecule has 30 heavy (non-hydrogen) atoms. The number of nitrogens with zero attached hydrogens (tertiary/aromatic N) is 1. The first kappa shape index (κ1) is 21.4. The SMILES string of the molecule is CCOC(=O)C1=C(C)NC(C)=C(C(=O)OCC)C1c1cn[nH]c1-c1ccc(C)cc1. The third kappa shape index (κ3) is 4.01. The predicted molar refractivity (Wildman–Crippen MR) is 113 cm³/mol. The van der Waals surface area contributed by atoms with E-state index >= 15 is 0 Å². The van der Waals surface area contributed by atoms with Gasteiger partial charge in [-0.1, -0.05) is 29.8 Å². The van der Waals surface area contributed by atoms with Gasteiger partial charge < -0.3 is 14.8 Å². The Morgan fingerprint density at radius 2 is 1.47 bits per heavy atom. The van der Waals surface area contributed by atoms with Crippen molar-refractivity contribution < 1.29 is 19.1 Å². The average Bonchev–Trinajstić information content (AvgIpc) is 3.17. The zero-order valence-electron chi connectivity index (χ0n) is 18.0. The Labute approximate surface area is 176 Å². The maximum Gasteiger partial charge on any atom is 0.336 e. The number of aryl methyl sites for hydroxylation is 1. The molecule has 158 valence electrons. The van der Waals surface area contributed by atoms with E-state index in [1.807, 2.05) is 31.2 Å². The summed E-state index contributed by atoms with van der Waals surface area (Å²) in [6, 6.07) is 7.97. The van der Waals surface area contributed by atoms with Gasteiger partial charge in [0.1, 0.15) is 0 Å². The molecule has 1 aromatic carbocycles. The van der Waals surface area contributed by atoms with Crippen LogP contribution in [0.3, 0.4) is 0 Å². The molecule has 0 amide bonds. The lowest BCUT2D eigenvalue weighted by Gasteiger charge is -2.30. The lowest BCUT2D eigenvalue weighted by molar-refractivity contribution is -0.139. The first-order valence-corrected chi connectivity index (χ1v) is 10.0. The van der Waals surface area contributed by atoms with Gasteiger partial charge in [0.2, 0.25) is 0 Å². The first-order chi connectivity index (χ1) is 14.4. The number of allylic oxidation sites excluding steroid dienone is 2. The fourth-order valence-electron chi connectivity index (χ4n) is 3.73. The van der Waals surface area contributed by atoms with E-state index in [2.05, 4.69) is 15.5 Å². The number of ether oxygens (including phenoxy) is 2. The number of esters is 2. The monoisotopic (exact) mass is 409 g/mol. The zero-order valence-corrected chi connectivity index (χ0v) is 18.0. The highest BCUT2D eigenvalue weighted by Gasteiger charge is 2.39. The van der Waals surface area contributed by atoms with Crippen LogP contribution >= 0.6 is 0 Å². The van der Waals surface area contributed by atoms with Crippen LogP contribution in [-0.4, -0.2) is 35.3 Å². The Kier molecular flexibility index (Phi) is 6.40. The molecule has 3 rings (SSSR count). The quantitative estimate of drug-likeness (QED) is 0.706. The standard InChI is InChI=1S/C23H27N3O4/c1-6-29-22(27)18-14(4)25-15(5)19(23(28)30-7-2)20(18)17-12-24-26-21(17)16-10-8-13(3)9-11-16/h8-12,20,25H,6-7H2,1-5H3,(H,24,26). The van der Waals surface area contributed by atoms with Crippen LogP contribution in [0.1, 0.15) is 44.7 Å². The highest BCUT2D eigenvalue weighted by molar-refractivity contribution is 6.00. The third-order valence-electron chi connectivity index (χ3n) is 5.07. The number of carbonyl (C=O) groups is 2. The van der Waals surface area contributed by atoms with E-state index < -0.39 is 17.9 Å². The number of nitrogens with one attached hydrogen (secondary N) is 2. The molecule has 2 aromatic rings. The van der Waals surface area contributed by atoms with E-state index in [-0.39, 0.29) is 13.2 Å². The van der Waals surface area contributed by atoms with Crippen molar-refractivity contribution in [3.8, 4) is 11.3 Å². The molecule has 0 radical (unpaired) electrons. The van der Waals surface area contributed by atoms with Crippen LogP contribution in [0.4, 0.5) is 0 Å². The van der Waals surface area contributed by atoms with Gasteiger partial charge in [-0.05, 0) is 40.2 Å². The molecule has 7 heteroatoms. The van der Waals surface area contributed by atoms with Gasteiger partial charge in [0.25, 0.3) is 0 Å². The fourth-order valence-corrected chi connectivity index (χ4v) is 3.73. The minimum atomic E-state index is -0.667. The number of H-pyrrole nitrogens is 1. The molecule has 0 unspecified atom stereocenters. The first-order valence-electron chi connectivity index (χ1n) is 10.0. The second-order valence-corrected chi connectivity index (χ2v) is 7.14. The summed E-state index contributed by atoms with van der Waals surface area (Å²) >= 11 is 0. The Bertz CT molecular complexity index is 975. The molecule has 0 spiro atoms. The van der Waals surface area contributed by atoms with Crippen LogP contribution in [0.15, 0.2) is 53.0 Å². The molecular formula is C23H27N3O4. The number of hydrogen-bond acceptors (Lipinski definition) is 6. The smallest absolute Gasteiger partial charge is 0.336 e. The third-order valence-corrected chi connectivity index (χ3v) is 5.07. The number of carbonyl (C=O) groups excluding carboxylic acids is 2. The van der Waals surface area contributed by atoms with Crippen molar-refractivity contribution in [1.82, 2.24) is 15.5 Å².